The van der Waals surface area contributed by atoms with Crippen molar-refractivity contribution in [2.24, 2.45) is 5.92 Å². The Morgan fingerprint density at radius 2 is 1.41 bits per heavy atom. The summed E-state index contributed by atoms with van der Waals surface area (Å²) in [6, 6.07) is 6.92. The number of amides is 2. The van der Waals surface area contributed by atoms with Crippen LogP contribution in [0.1, 0.15) is 31.2 Å². The molecule has 0 aromatic heterocycles. The van der Waals surface area contributed by atoms with Crippen molar-refractivity contribution in [1.29, 1.82) is 0 Å². The quantitative estimate of drug-likeness (QED) is 0.656. The van der Waals surface area contributed by atoms with Crippen molar-refractivity contribution in [1.82, 2.24) is 19.0 Å². The van der Waals surface area contributed by atoms with E-state index >= 15 is 0 Å². The highest BCUT2D eigenvalue weighted by Gasteiger charge is 2.32. The highest BCUT2D eigenvalue weighted by atomic mass is 32.2. The average Bonchev–Trinajstić information content (AvgIpc) is 3.34. The molecule has 32 heavy (non-hydrogen) atoms. The molecule has 3 aliphatic rings. The number of benzene rings is 1. The number of rotatable bonds is 5. The Hall–Kier alpha value is -1.97. The topological polar surface area (TPSA) is 81.2 Å². The molecule has 8 nitrogen and oxygen atoms in total. The van der Waals surface area contributed by atoms with E-state index in [0.29, 0.717) is 63.8 Å². The predicted molar refractivity (Wildman–Crippen MR) is 121 cm³/mol. The van der Waals surface area contributed by atoms with Gasteiger partial charge in [-0.3, -0.25) is 14.5 Å². The van der Waals surface area contributed by atoms with Gasteiger partial charge in [0.25, 0.3) is 0 Å². The zero-order chi connectivity index (χ0) is 22.7. The van der Waals surface area contributed by atoms with Crippen LogP contribution in [-0.4, -0.2) is 98.1 Å². The van der Waals surface area contributed by atoms with Gasteiger partial charge in [0.15, 0.2) is 0 Å². The zero-order valence-electron chi connectivity index (χ0n) is 18.9. The van der Waals surface area contributed by atoms with Crippen LogP contribution in [0.25, 0.3) is 0 Å². The second-order valence-corrected chi connectivity index (χ2v) is 11.1. The molecule has 2 amide bonds. The van der Waals surface area contributed by atoms with E-state index in [-0.39, 0.29) is 17.7 Å². The maximum atomic E-state index is 12.9. The van der Waals surface area contributed by atoms with Gasteiger partial charge in [-0.15, -0.1) is 0 Å². The Morgan fingerprint density at radius 3 is 2.00 bits per heavy atom. The Bertz CT molecular complexity index is 912. The Balaban J connectivity index is 1.23. The Morgan fingerprint density at radius 1 is 0.844 bits per heavy atom. The molecule has 2 heterocycles. The zero-order valence-corrected chi connectivity index (χ0v) is 19.7. The van der Waals surface area contributed by atoms with Crippen LogP contribution in [0.5, 0.6) is 0 Å². The summed E-state index contributed by atoms with van der Waals surface area (Å²) in [5.41, 5.74) is 1.02. The summed E-state index contributed by atoms with van der Waals surface area (Å²) in [6.45, 7) is 6.47. The summed E-state index contributed by atoms with van der Waals surface area (Å²) in [6.07, 6.45) is 4.30. The first-order chi connectivity index (χ1) is 15.3. The molecule has 1 aromatic rings. The van der Waals surface area contributed by atoms with Gasteiger partial charge < -0.3 is 9.80 Å². The van der Waals surface area contributed by atoms with Crippen LogP contribution in [0.2, 0.25) is 0 Å². The van der Waals surface area contributed by atoms with Crippen LogP contribution < -0.4 is 0 Å². The number of hydrogen-bond donors (Lipinski definition) is 0. The molecule has 4 rings (SSSR count). The third kappa shape index (κ3) is 5.15. The van der Waals surface area contributed by atoms with E-state index in [4.69, 9.17) is 0 Å². The molecule has 0 unspecified atom stereocenters. The second-order valence-electron chi connectivity index (χ2n) is 9.18. The van der Waals surface area contributed by atoms with Crippen LogP contribution in [0.3, 0.4) is 0 Å². The van der Waals surface area contributed by atoms with Crippen molar-refractivity contribution in [3.8, 4) is 0 Å². The van der Waals surface area contributed by atoms with E-state index in [0.717, 1.165) is 31.2 Å². The van der Waals surface area contributed by atoms with Gasteiger partial charge in [0.2, 0.25) is 21.8 Å². The van der Waals surface area contributed by atoms with Gasteiger partial charge >= 0.3 is 0 Å². The molecule has 1 aromatic carbocycles. The average molecular weight is 463 g/mol. The van der Waals surface area contributed by atoms with Crippen molar-refractivity contribution in [3.05, 3.63) is 29.8 Å². The van der Waals surface area contributed by atoms with Crippen LogP contribution >= 0.6 is 0 Å². The number of nitrogens with zero attached hydrogens (tertiary/aromatic N) is 4. The Kier molecular flexibility index (Phi) is 7.17. The van der Waals surface area contributed by atoms with Gasteiger partial charge in [-0.2, -0.15) is 4.31 Å². The highest BCUT2D eigenvalue weighted by molar-refractivity contribution is 7.89. The molecule has 3 fully saturated rings. The smallest absolute Gasteiger partial charge is 0.243 e. The third-order valence-electron chi connectivity index (χ3n) is 7.00. The van der Waals surface area contributed by atoms with Crippen molar-refractivity contribution in [3.63, 3.8) is 0 Å². The van der Waals surface area contributed by atoms with Crippen LogP contribution in [0, 0.1) is 12.8 Å². The first-order valence-corrected chi connectivity index (χ1v) is 13.1. The van der Waals surface area contributed by atoms with Crippen LogP contribution in [-0.2, 0) is 19.6 Å². The predicted octanol–water partition coefficient (Wildman–Crippen LogP) is 1.16. The maximum absolute atomic E-state index is 12.9. The highest BCUT2D eigenvalue weighted by Crippen LogP contribution is 2.27. The van der Waals surface area contributed by atoms with Gasteiger partial charge in [-0.1, -0.05) is 30.5 Å². The SMILES string of the molecule is Cc1ccc(S(=O)(=O)N2CCN(CC(=O)N3CCN(C(=O)C4CCCC4)CC3)CC2)cc1. The molecule has 2 saturated heterocycles. The number of carbonyl (C=O) groups is 2. The first-order valence-electron chi connectivity index (χ1n) is 11.7. The molecule has 0 atom stereocenters. The minimum absolute atomic E-state index is 0.0628. The van der Waals surface area contributed by atoms with Gasteiger partial charge in [0.1, 0.15) is 0 Å². The standard InChI is InChI=1S/C23H34N4O4S/c1-19-6-8-21(9-7-19)32(30,31)27-16-10-24(11-17-27)18-22(28)25-12-14-26(15-13-25)23(29)20-4-2-3-5-20/h6-9,20H,2-5,10-18H2,1H3. The van der Waals surface area contributed by atoms with Gasteiger partial charge in [0.05, 0.1) is 11.4 Å². The molecule has 0 bridgehead atoms. The summed E-state index contributed by atoms with van der Waals surface area (Å²) in [4.78, 5) is 31.5. The second kappa shape index (κ2) is 9.89. The minimum atomic E-state index is -3.50. The molecular formula is C23H34N4O4S. The van der Waals surface area contributed by atoms with E-state index in [1.807, 2.05) is 33.8 Å². The summed E-state index contributed by atoms with van der Waals surface area (Å²) < 4.78 is 27.2. The summed E-state index contributed by atoms with van der Waals surface area (Å²) in [5, 5.41) is 0. The maximum Gasteiger partial charge on any atom is 0.243 e. The van der Waals surface area contributed by atoms with Crippen molar-refractivity contribution in [2.45, 2.75) is 37.5 Å². The molecular weight excluding hydrogens is 428 g/mol. The van der Waals surface area contributed by atoms with E-state index < -0.39 is 10.0 Å². The fourth-order valence-electron chi connectivity index (χ4n) is 4.89. The number of carbonyl (C=O) groups excluding carboxylic acids is 2. The molecule has 2 aliphatic heterocycles. The summed E-state index contributed by atoms with van der Waals surface area (Å²) in [5.74, 6) is 0.512. The lowest BCUT2D eigenvalue weighted by Crippen LogP contribution is -2.55. The van der Waals surface area contributed by atoms with E-state index in [1.54, 1.807) is 12.1 Å². The fraction of sp³-hybridized carbons (Fsp3) is 0.652. The molecule has 0 radical (unpaired) electrons. The van der Waals surface area contributed by atoms with Crippen molar-refractivity contribution in [2.75, 3.05) is 58.9 Å². The lowest BCUT2D eigenvalue weighted by molar-refractivity contribution is -0.142. The molecule has 9 heteroatoms. The van der Waals surface area contributed by atoms with Crippen molar-refractivity contribution < 1.29 is 18.0 Å². The van der Waals surface area contributed by atoms with Crippen LogP contribution in [0.15, 0.2) is 29.2 Å². The third-order valence-corrected chi connectivity index (χ3v) is 8.91. The molecule has 176 valence electrons. The molecule has 1 aliphatic carbocycles. The fourth-order valence-corrected chi connectivity index (χ4v) is 6.31. The largest absolute Gasteiger partial charge is 0.339 e. The lowest BCUT2D eigenvalue weighted by Gasteiger charge is -2.38. The number of hydrogen-bond acceptors (Lipinski definition) is 5. The number of aryl methyl sites for hydroxylation is 1. The van der Waals surface area contributed by atoms with Gasteiger partial charge in [0, 0.05) is 58.3 Å². The normalized spacial score (nSPS) is 21.8. The summed E-state index contributed by atoms with van der Waals surface area (Å²) in [7, 11) is -3.50. The lowest BCUT2D eigenvalue weighted by atomic mass is 10.1. The van der Waals surface area contributed by atoms with Gasteiger partial charge in [-0.05, 0) is 31.9 Å². The minimum Gasteiger partial charge on any atom is -0.339 e. The monoisotopic (exact) mass is 462 g/mol. The van der Waals surface area contributed by atoms with Gasteiger partial charge in [-0.25, -0.2) is 8.42 Å². The van der Waals surface area contributed by atoms with E-state index in [1.165, 1.54) is 4.31 Å². The molecule has 1 saturated carbocycles. The Labute approximate surface area is 191 Å². The molecule has 0 spiro atoms. The number of sulfonamides is 1. The van der Waals surface area contributed by atoms with Crippen molar-refractivity contribution >= 4 is 21.8 Å². The number of piperazine rings is 2. The first kappa shape index (κ1) is 23.2. The molecule has 0 N–H and O–H groups in total. The van der Waals surface area contributed by atoms with E-state index in [9.17, 15) is 18.0 Å². The van der Waals surface area contributed by atoms with E-state index in [2.05, 4.69) is 0 Å². The summed E-state index contributed by atoms with van der Waals surface area (Å²) >= 11 is 0. The van der Waals surface area contributed by atoms with Crippen LogP contribution in [0.4, 0.5) is 0 Å².